The molecule has 6 nitrogen and oxygen atoms in total. The van der Waals surface area contributed by atoms with E-state index in [1.54, 1.807) is 24.3 Å². The molecule has 0 fully saturated rings. The van der Waals surface area contributed by atoms with Crippen molar-refractivity contribution < 1.29 is 24.2 Å². The number of para-hydroxylation sites is 1. The zero-order valence-corrected chi connectivity index (χ0v) is 17.1. The van der Waals surface area contributed by atoms with Crippen molar-refractivity contribution in [2.75, 3.05) is 0 Å². The van der Waals surface area contributed by atoms with Gasteiger partial charge in [-0.3, -0.25) is 14.5 Å². The van der Waals surface area contributed by atoms with E-state index in [0.717, 1.165) is 16.0 Å². The third-order valence-electron chi connectivity index (χ3n) is 4.77. The summed E-state index contributed by atoms with van der Waals surface area (Å²) in [6.45, 7) is 1.22. The number of phenolic OH excluding ortho intramolecular Hbond substituents is 1. The van der Waals surface area contributed by atoms with E-state index < -0.39 is 23.8 Å². The summed E-state index contributed by atoms with van der Waals surface area (Å²) < 4.78 is 5.46. The normalized spacial score (nSPS) is 11.4. The highest BCUT2D eigenvalue weighted by atomic mass is 16.5. The highest BCUT2D eigenvalue weighted by molar-refractivity contribution is 6.08. The Kier molecular flexibility index (Phi) is 7.17. The molecule has 3 aromatic rings. The number of esters is 1. The van der Waals surface area contributed by atoms with Crippen molar-refractivity contribution in [2.24, 2.45) is 0 Å². The smallest absolute Gasteiger partial charge is 0.330 e. The Morgan fingerprint density at radius 3 is 1.97 bits per heavy atom. The van der Waals surface area contributed by atoms with Gasteiger partial charge in [0.2, 0.25) is 5.91 Å². The van der Waals surface area contributed by atoms with E-state index >= 15 is 0 Å². The van der Waals surface area contributed by atoms with E-state index in [2.05, 4.69) is 0 Å². The van der Waals surface area contributed by atoms with Gasteiger partial charge < -0.3 is 9.84 Å². The van der Waals surface area contributed by atoms with Crippen LogP contribution in [-0.2, 0) is 27.4 Å². The number of nitrogens with zero attached hydrogens (tertiary/aromatic N) is 1. The molecule has 31 heavy (non-hydrogen) atoms. The predicted octanol–water partition coefficient (Wildman–Crippen LogP) is 3.74. The summed E-state index contributed by atoms with van der Waals surface area (Å²) in [4.78, 5) is 39.6. The lowest BCUT2D eigenvalue weighted by atomic mass is 10.0. The van der Waals surface area contributed by atoms with E-state index in [-0.39, 0.29) is 24.3 Å². The first-order chi connectivity index (χ1) is 15.0. The van der Waals surface area contributed by atoms with Gasteiger partial charge >= 0.3 is 5.97 Å². The fourth-order valence-electron chi connectivity index (χ4n) is 3.23. The molecule has 0 unspecified atom stereocenters. The van der Waals surface area contributed by atoms with Gasteiger partial charge in [-0.1, -0.05) is 72.8 Å². The Bertz CT molecular complexity index is 1050. The van der Waals surface area contributed by atoms with Crippen LogP contribution >= 0.6 is 0 Å². The molecule has 0 aliphatic rings. The summed E-state index contributed by atoms with van der Waals surface area (Å²) in [6.07, 6.45) is 0.0907. The molecule has 0 spiro atoms. The molecule has 0 aromatic heterocycles. The van der Waals surface area contributed by atoms with E-state index in [0.29, 0.717) is 0 Å². The molecule has 0 bridgehead atoms. The minimum Gasteiger partial charge on any atom is -0.507 e. The lowest BCUT2D eigenvalue weighted by Crippen LogP contribution is -2.49. The van der Waals surface area contributed by atoms with E-state index in [1.807, 2.05) is 48.5 Å². The number of imide groups is 1. The number of rotatable bonds is 7. The van der Waals surface area contributed by atoms with Crippen LogP contribution < -0.4 is 0 Å². The van der Waals surface area contributed by atoms with Gasteiger partial charge in [-0.15, -0.1) is 0 Å². The highest BCUT2D eigenvalue weighted by Crippen LogP contribution is 2.21. The van der Waals surface area contributed by atoms with Crippen LogP contribution in [0.1, 0.15) is 28.4 Å². The fourth-order valence-corrected chi connectivity index (χ4v) is 3.23. The van der Waals surface area contributed by atoms with Gasteiger partial charge in [0.1, 0.15) is 18.4 Å². The molecule has 0 saturated carbocycles. The average molecular weight is 417 g/mol. The Labute approximate surface area is 180 Å². The summed E-state index contributed by atoms with van der Waals surface area (Å²) in [5.74, 6) is -2.35. The Hall–Kier alpha value is -3.93. The van der Waals surface area contributed by atoms with Crippen molar-refractivity contribution in [1.29, 1.82) is 0 Å². The van der Waals surface area contributed by atoms with Crippen LogP contribution in [0.5, 0.6) is 5.75 Å². The van der Waals surface area contributed by atoms with Crippen molar-refractivity contribution >= 4 is 17.8 Å². The summed E-state index contributed by atoms with van der Waals surface area (Å²) in [7, 11) is 0. The number of phenols is 1. The first-order valence-corrected chi connectivity index (χ1v) is 9.84. The molecule has 0 radical (unpaired) electrons. The Morgan fingerprint density at radius 1 is 0.839 bits per heavy atom. The molecule has 0 aliphatic heterocycles. The van der Waals surface area contributed by atoms with Crippen LogP contribution in [0.4, 0.5) is 0 Å². The van der Waals surface area contributed by atoms with E-state index in [1.165, 1.54) is 19.1 Å². The molecule has 2 amide bonds. The molecular formula is C25H23NO5. The zero-order chi connectivity index (χ0) is 22.2. The average Bonchev–Trinajstić information content (AvgIpc) is 2.78. The SMILES string of the molecule is CC(=O)N(C(=O)c1ccccc1O)[C@@H](Cc1ccccc1)C(=O)OCc1ccccc1. The van der Waals surface area contributed by atoms with Crippen molar-refractivity contribution in [2.45, 2.75) is 26.0 Å². The predicted molar refractivity (Wildman–Crippen MR) is 115 cm³/mol. The largest absolute Gasteiger partial charge is 0.507 e. The number of amides is 2. The van der Waals surface area contributed by atoms with Gasteiger partial charge in [0.15, 0.2) is 0 Å². The number of benzene rings is 3. The first kappa shape index (κ1) is 21.8. The number of hydrogen-bond acceptors (Lipinski definition) is 5. The second-order valence-electron chi connectivity index (χ2n) is 7.01. The summed E-state index contributed by atoms with van der Waals surface area (Å²) in [6, 6.07) is 22.9. The monoisotopic (exact) mass is 417 g/mol. The molecule has 0 aliphatic carbocycles. The Morgan fingerprint density at radius 2 is 1.39 bits per heavy atom. The van der Waals surface area contributed by atoms with Gasteiger partial charge in [-0.05, 0) is 23.3 Å². The Balaban J connectivity index is 1.91. The van der Waals surface area contributed by atoms with Gasteiger partial charge in [0.25, 0.3) is 5.91 Å². The third-order valence-corrected chi connectivity index (χ3v) is 4.77. The number of carbonyl (C=O) groups excluding carboxylic acids is 3. The van der Waals surface area contributed by atoms with Crippen LogP contribution in [-0.4, -0.2) is 33.8 Å². The maximum absolute atomic E-state index is 13.2. The maximum atomic E-state index is 13.2. The topological polar surface area (TPSA) is 83.9 Å². The molecule has 1 atom stereocenters. The van der Waals surface area contributed by atoms with Gasteiger partial charge in [-0.25, -0.2) is 4.79 Å². The van der Waals surface area contributed by atoms with Crippen molar-refractivity contribution in [3.8, 4) is 5.75 Å². The number of carbonyl (C=O) groups is 3. The zero-order valence-electron chi connectivity index (χ0n) is 17.1. The molecule has 0 saturated heterocycles. The van der Waals surface area contributed by atoms with Gasteiger partial charge in [0.05, 0.1) is 5.56 Å². The fraction of sp³-hybridized carbons (Fsp3) is 0.160. The van der Waals surface area contributed by atoms with E-state index in [4.69, 9.17) is 4.74 Å². The van der Waals surface area contributed by atoms with Crippen LogP contribution in [0, 0.1) is 0 Å². The number of aromatic hydroxyl groups is 1. The lowest BCUT2D eigenvalue weighted by Gasteiger charge is -2.28. The minimum atomic E-state index is -1.18. The summed E-state index contributed by atoms with van der Waals surface area (Å²) in [5, 5.41) is 10.1. The number of hydrogen-bond donors (Lipinski definition) is 1. The molecule has 1 N–H and O–H groups in total. The second-order valence-corrected chi connectivity index (χ2v) is 7.01. The standard InChI is InChI=1S/C25H23NO5/c1-18(27)26(24(29)21-14-8-9-15-23(21)28)22(16-19-10-4-2-5-11-19)25(30)31-17-20-12-6-3-7-13-20/h2-15,22,28H,16-17H2,1H3/t22-/m0/s1. The van der Waals surface area contributed by atoms with Gasteiger partial charge in [0, 0.05) is 13.3 Å². The summed E-state index contributed by atoms with van der Waals surface area (Å²) >= 11 is 0. The molecule has 0 heterocycles. The third kappa shape index (κ3) is 5.57. The van der Waals surface area contributed by atoms with E-state index in [9.17, 15) is 19.5 Å². The quantitative estimate of drug-likeness (QED) is 0.592. The first-order valence-electron chi connectivity index (χ1n) is 9.84. The van der Waals surface area contributed by atoms with Crippen LogP contribution in [0.15, 0.2) is 84.9 Å². The van der Waals surface area contributed by atoms with Gasteiger partial charge in [-0.2, -0.15) is 0 Å². The van der Waals surface area contributed by atoms with Crippen molar-refractivity contribution in [3.63, 3.8) is 0 Å². The lowest BCUT2D eigenvalue weighted by molar-refractivity contribution is -0.154. The molecule has 3 rings (SSSR count). The van der Waals surface area contributed by atoms with Crippen LogP contribution in [0.2, 0.25) is 0 Å². The second kappa shape index (κ2) is 10.2. The highest BCUT2D eigenvalue weighted by Gasteiger charge is 2.35. The number of ether oxygens (including phenoxy) is 1. The molecule has 3 aromatic carbocycles. The molecular weight excluding hydrogens is 394 g/mol. The molecule has 6 heteroatoms. The minimum absolute atomic E-state index is 0.0154. The summed E-state index contributed by atoms with van der Waals surface area (Å²) in [5.41, 5.74) is 1.49. The van der Waals surface area contributed by atoms with Crippen molar-refractivity contribution in [1.82, 2.24) is 4.90 Å². The van der Waals surface area contributed by atoms with Crippen LogP contribution in [0.3, 0.4) is 0 Å². The van der Waals surface area contributed by atoms with Crippen LogP contribution in [0.25, 0.3) is 0 Å². The molecule has 158 valence electrons. The maximum Gasteiger partial charge on any atom is 0.330 e. The van der Waals surface area contributed by atoms with Crippen molar-refractivity contribution in [3.05, 3.63) is 102 Å².